The molecule has 0 unspecified atom stereocenters. The lowest BCUT2D eigenvalue weighted by Gasteiger charge is -2.08. The van der Waals surface area contributed by atoms with E-state index in [9.17, 15) is 5.11 Å². The molecule has 0 bridgehead atoms. The van der Waals surface area contributed by atoms with Crippen LogP contribution in [0.5, 0.6) is 5.75 Å². The van der Waals surface area contributed by atoms with Crippen molar-refractivity contribution >= 4 is 40.1 Å². The quantitative estimate of drug-likeness (QED) is 0.251. The maximum Gasteiger partial charge on any atom is 0.143 e. The number of fused-ring (bicyclic) bond motifs is 1. The molecule has 6 heteroatoms. The monoisotopic (exact) mass is 457 g/mol. The molecule has 0 aliphatic rings. The van der Waals surface area contributed by atoms with E-state index in [2.05, 4.69) is 25.1 Å². The number of hydrogen-bond acceptors (Lipinski definition) is 4. The maximum absolute atomic E-state index is 9.70. The van der Waals surface area contributed by atoms with Gasteiger partial charge in [0.05, 0.1) is 45.3 Å². The summed E-state index contributed by atoms with van der Waals surface area (Å²) in [6.45, 7) is 3.86. The van der Waals surface area contributed by atoms with Crippen LogP contribution in [0.2, 0.25) is 0 Å². The minimum absolute atomic E-state index is 0.241. The predicted octanol–water partition coefficient (Wildman–Crippen LogP) is 5.51. The Bertz CT molecular complexity index is 1100. The first-order chi connectivity index (χ1) is 12.6. The third-order valence-corrected chi connectivity index (χ3v) is 4.75. The summed E-state index contributed by atoms with van der Waals surface area (Å²) in [6, 6.07) is 15.4. The number of aromatic hydroxyl groups is 1. The van der Waals surface area contributed by atoms with E-state index in [0.29, 0.717) is 0 Å². The molecule has 1 N–H and O–H groups in total. The molecule has 0 saturated heterocycles. The van der Waals surface area contributed by atoms with E-state index in [1.807, 2.05) is 61.0 Å². The molecule has 4 aromatic rings. The van der Waals surface area contributed by atoms with Crippen LogP contribution in [0.15, 0.2) is 56.3 Å². The second-order valence-corrected chi connectivity index (χ2v) is 6.63. The number of hydrogen-bond donors (Lipinski definition) is 1. The van der Waals surface area contributed by atoms with Crippen LogP contribution in [0.4, 0.5) is 0 Å². The summed E-state index contributed by atoms with van der Waals surface area (Å²) in [6.07, 6.45) is 1.80. The number of para-hydroxylation sites is 1. The molecule has 0 radical (unpaired) electrons. The number of rotatable bonds is 3. The molecule has 0 atom stereocenters. The molecule has 4 rings (SSSR count). The van der Waals surface area contributed by atoms with Crippen LogP contribution in [-0.4, -0.2) is 21.2 Å². The lowest BCUT2D eigenvalue weighted by atomic mass is 9.97. The minimum atomic E-state index is 0.241. The standard InChI is InChI=1S/C20H16IN3O2/c1-12-18(13(2)26-23-12)20-19(14-7-9-15(25)10-8-14)16-5-3-4-6-17(16)24(20)11-22-21/h3-11,25H,1-2H3. The number of aryl methyl sites for hydroxylation is 2. The summed E-state index contributed by atoms with van der Waals surface area (Å²) < 4.78 is 11.7. The molecular formula is C20H16IN3O2. The zero-order valence-electron chi connectivity index (χ0n) is 14.3. The molecule has 130 valence electrons. The van der Waals surface area contributed by atoms with Crippen LogP contribution >= 0.6 is 22.9 Å². The molecule has 5 nitrogen and oxygen atoms in total. The summed E-state index contributed by atoms with van der Waals surface area (Å²) in [7, 11) is 0. The highest BCUT2D eigenvalue weighted by Crippen LogP contribution is 2.42. The summed E-state index contributed by atoms with van der Waals surface area (Å²) >= 11 is 1.98. The zero-order valence-corrected chi connectivity index (χ0v) is 16.4. The van der Waals surface area contributed by atoms with Gasteiger partial charge in [0.15, 0.2) is 0 Å². The van der Waals surface area contributed by atoms with Gasteiger partial charge < -0.3 is 9.63 Å². The van der Waals surface area contributed by atoms with E-state index in [1.54, 1.807) is 18.5 Å². The van der Waals surface area contributed by atoms with Crippen molar-refractivity contribution in [1.29, 1.82) is 0 Å². The van der Waals surface area contributed by atoms with Crippen molar-refractivity contribution in [2.75, 3.05) is 0 Å². The number of aromatic nitrogens is 2. The minimum Gasteiger partial charge on any atom is -0.508 e. The molecule has 2 heterocycles. The van der Waals surface area contributed by atoms with Crippen molar-refractivity contribution in [2.45, 2.75) is 13.8 Å². The lowest BCUT2D eigenvalue weighted by molar-refractivity contribution is 0.393. The first-order valence-corrected chi connectivity index (χ1v) is 9.08. The summed E-state index contributed by atoms with van der Waals surface area (Å²) in [5.41, 5.74) is 5.88. The average molecular weight is 457 g/mol. The van der Waals surface area contributed by atoms with Gasteiger partial charge >= 0.3 is 0 Å². The van der Waals surface area contributed by atoms with Gasteiger partial charge in [0.25, 0.3) is 0 Å². The first kappa shape index (κ1) is 16.8. The molecule has 2 aromatic carbocycles. The van der Waals surface area contributed by atoms with Gasteiger partial charge in [0.2, 0.25) is 0 Å². The third kappa shape index (κ3) is 2.61. The smallest absolute Gasteiger partial charge is 0.143 e. The van der Waals surface area contributed by atoms with Gasteiger partial charge in [-0.15, -0.1) is 0 Å². The van der Waals surface area contributed by atoms with E-state index in [1.165, 1.54) is 0 Å². The Morgan fingerprint density at radius 2 is 1.81 bits per heavy atom. The van der Waals surface area contributed by atoms with Crippen molar-refractivity contribution in [3.63, 3.8) is 0 Å². The van der Waals surface area contributed by atoms with Gasteiger partial charge in [-0.3, -0.25) is 4.57 Å². The number of phenols is 1. The number of nitrogens with zero attached hydrogens (tertiary/aromatic N) is 3. The van der Waals surface area contributed by atoms with E-state index in [0.717, 1.165) is 44.7 Å². The van der Waals surface area contributed by atoms with Gasteiger partial charge in [0.1, 0.15) is 17.8 Å². The molecule has 0 spiro atoms. The second kappa shape index (κ2) is 6.60. The van der Waals surface area contributed by atoms with Gasteiger partial charge in [-0.1, -0.05) is 35.5 Å². The molecular weight excluding hydrogens is 441 g/mol. The van der Waals surface area contributed by atoms with Crippen molar-refractivity contribution in [1.82, 2.24) is 9.72 Å². The van der Waals surface area contributed by atoms with Crippen molar-refractivity contribution < 1.29 is 9.63 Å². The third-order valence-electron chi connectivity index (χ3n) is 4.50. The fraction of sp³-hybridized carbons (Fsp3) is 0.100. The van der Waals surface area contributed by atoms with Crippen LogP contribution < -0.4 is 0 Å². The number of benzene rings is 2. The fourth-order valence-corrected chi connectivity index (χ4v) is 3.66. The summed E-state index contributed by atoms with van der Waals surface area (Å²) in [4.78, 5) is 0. The molecule has 0 fully saturated rings. The Morgan fingerprint density at radius 1 is 1.08 bits per heavy atom. The predicted molar refractivity (Wildman–Crippen MR) is 112 cm³/mol. The topological polar surface area (TPSA) is 63.6 Å². The highest BCUT2D eigenvalue weighted by atomic mass is 127. The van der Waals surface area contributed by atoms with E-state index in [-0.39, 0.29) is 5.75 Å². The van der Waals surface area contributed by atoms with Crippen molar-refractivity contribution in [2.24, 2.45) is 3.21 Å². The molecule has 2 aromatic heterocycles. The fourth-order valence-electron chi connectivity index (χ4n) is 3.41. The number of phenolic OH excluding ortho intramolecular Hbond substituents is 1. The van der Waals surface area contributed by atoms with Gasteiger partial charge in [-0.05, 0) is 37.6 Å². The molecule has 26 heavy (non-hydrogen) atoms. The molecule has 0 amide bonds. The van der Waals surface area contributed by atoms with E-state index < -0.39 is 0 Å². The van der Waals surface area contributed by atoms with Crippen LogP contribution in [-0.2, 0) is 0 Å². The Morgan fingerprint density at radius 3 is 2.46 bits per heavy atom. The Kier molecular flexibility index (Phi) is 4.28. The van der Waals surface area contributed by atoms with E-state index >= 15 is 0 Å². The van der Waals surface area contributed by atoms with Crippen molar-refractivity contribution in [3.05, 3.63) is 60.0 Å². The molecule has 0 aliphatic carbocycles. The molecule has 0 saturated carbocycles. The Labute approximate surface area is 164 Å². The number of halogens is 1. The van der Waals surface area contributed by atoms with Gasteiger partial charge in [0, 0.05) is 10.9 Å². The summed E-state index contributed by atoms with van der Waals surface area (Å²) in [5.74, 6) is 0.999. The summed E-state index contributed by atoms with van der Waals surface area (Å²) in [5, 5.41) is 14.9. The lowest BCUT2D eigenvalue weighted by Crippen LogP contribution is -1.99. The van der Waals surface area contributed by atoms with Gasteiger partial charge in [-0.25, -0.2) is 3.21 Å². The normalized spacial score (nSPS) is 11.7. The Balaban J connectivity index is 2.19. The van der Waals surface area contributed by atoms with Crippen LogP contribution in [0.3, 0.4) is 0 Å². The highest BCUT2D eigenvalue weighted by Gasteiger charge is 2.24. The van der Waals surface area contributed by atoms with Crippen LogP contribution in [0, 0.1) is 13.8 Å². The highest BCUT2D eigenvalue weighted by molar-refractivity contribution is 14.1. The second-order valence-electron chi connectivity index (χ2n) is 6.07. The maximum atomic E-state index is 9.70. The van der Waals surface area contributed by atoms with Gasteiger partial charge in [-0.2, -0.15) is 0 Å². The Hall–Kier alpha value is -2.61. The SMILES string of the molecule is Cc1noc(C)c1-c1c(-c2ccc(O)cc2)c2ccccc2n1C=NI. The largest absolute Gasteiger partial charge is 0.508 e. The van der Waals surface area contributed by atoms with Crippen LogP contribution in [0.1, 0.15) is 11.5 Å². The first-order valence-electron chi connectivity index (χ1n) is 8.12. The van der Waals surface area contributed by atoms with Crippen LogP contribution in [0.25, 0.3) is 33.3 Å². The van der Waals surface area contributed by atoms with E-state index in [4.69, 9.17) is 4.52 Å². The van der Waals surface area contributed by atoms with Crippen molar-refractivity contribution in [3.8, 4) is 28.1 Å². The molecule has 0 aliphatic heterocycles. The average Bonchev–Trinajstić information content (AvgIpc) is 3.13. The zero-order chi connectivity index (χ0) is 18.3.